The third-order valence-electron chi connectivity index (χ3n) is 5.69. The maximum Gasteiger partial charge on any atom is 0.251 e. The van der Waals surface area contributed by atoms with Gasteiger partial charge in [-0.25, -0.2) is 0 Å². The van der Waals surface area contributed by atoms with E-state index in [1.807, 2.05) is 11.8 Å². The molecule has 4 atom stereocenters. The van der Waals surface area contributed by atoms with E-state index in [4.69, 9.17) is 9.47 Å². The summed E-state index contributed by atoms with van der Waals surface area (Å²) in [4.78, 5) is 16.8. The standard InChI is InChI=1S/C18H32N2O4/c1-14(24-13-15-5-2-3-12-23-15)18(22)20-10-8-19(9-11-20)16-6-4-7-17(16)21/h14-17,21H,2-13H2,1H3/t14-,15-,16-,17-/m0/s1. The van der Waals surface area contributed by atoms with E-state index in [1.165, 1.54) is 6.42 Å². The lowest BCUT2D eigenvalue weighted by Crippen LogP contribution is -2.55. The van der Waals surface area contributed by atoms with Gasteiger partial charge in [0.25, 0.3) is 5.91 Å². The number of carbonyl (C=O) groups is 1. The van der Waals surface area contributed by atoms with Crippen molar-refractivity contribution in [3.63, 3.8) is 0 Å². The Morgan fingerprint density at radius 1 is 1.17 bits per heavy atom. The Morgan fingerprint density at radius 2 is 1.96 bits per heavy atom. The van der Waals surface area contributed by atoms with Gasteiger partial charge in [-0.05, 0) is 45.4 Å². The molecule has 2 saturated heterocycles. The van der Waals surface area contributed by atoms with Crippen molar-refractivity contribution in [2.24, 2.45) is 0 Å². The first kappa shape index (κ1) is 18.1. The second-order valence-corrected chi connectivity index (χ2v) is 7.39. The molecule has 0 radical (unpaired) electrons. The smallest absolute Gasteiger partial charge is 0.251 e. The summed E-state index contributed by atoms with van der Waals surface area (Å²) in [5, 5.41) is 10.0. The molecule has 1 aliphatic carbocycles. The minimum atomic E-state index is -0.404. The number of ether oxygens (including phenoxy) is 2. The molecule has 0 bridgehead atoms. The Labute approximate surface area is 145 Å². The van der Waals surface area contributed by atoms with Gasteiger partial charge in [-0.1, -0.05) is 0 Å². The number of aliphatic hydroxyl groups excluding tert-OH is 1. The molecule has 1 amide bonds. The summed E-state index contributed by atoms with van der Waals surface area (Å²) < 4.78 is 11.4. The lowest BCUT2D eigenvalue weighted by atomic mass is 10.1. The van der Waals surface area contributed by atoms with Gasteiger partial charge in [0.1, 0.15) is 6.10 Å². The summed E-state index contributed by atoms with van der Waals surface area (Å²) in [6, 6.07) is 0.291. The summed E-state index contributed by atoms with van der Waals surface area (Å²) in [6.07, 6.45) is 6.01. The highest BCUT2D eigenvalue weighted by Crippen LogP contribution is 2.25. The molecule has 6 nitrogen and oxygen atoms in total. The summed E-state index contributed by atoms with van der Waals surface area (Å²) in [7, 11) is 0. The Bertz CT molecular complexity index is 406. The van der Waals surface area contributed by atoms with Crippen LogP contribution in [0, 0.1) is 0 Å². The van der Waals surface area contributed by atoms with Crippen molar-refractivity contribution in [3.05, 3.63) is 0 Å². The lowest BCUT2D eigenvalue weighted by molar-refractivity contribution is -0.148. The molecule has 0 unspecified atom stereocenters. The molecule has 2 aliphatic heterocycles. The highest BCUT2D eigenvalue weighted by atomic mass is 16.5. The quantitative estimate of drug-likeness (QED) is 0.810. The van der Waals surface area contributed by atoms with Crippen molar-refractivity contribution in [2.75, 3.05) is 39.4 Å². The molecule has 0 spiro atoms. The van der Waals surface area contributed by atoms with Crippen molar-refractivity contribution in [1.29, 1.82) is 0 Å². The zero-order valence-electron chi connectivity index (χ0n) is 14.9. The lowest BCUT2D eigenvalue weighted by Gasteiger charge is -2.39. The predicted octanol–water partition coefficient (Wildman–Crippen LogP) is 1.02. The molecule has 1 saturated carbocycles. The Morgan fingerprint density at radius 3 is 2.58 bits per heavy atom. The van der Waals surface area contributed by atoms with Gasteiger partial charge < -0.3 is 19.5 Å². The minimum absolute atomic E-state index is 0.0810. The SMILES string of the molecule is C[C@H](OC[C@@H]1CCCCO1)C(=O)N1CCN([C@H]2CCC[C@@H]2O)CC1. The summed E-state index contributed by atoms with van der Waals surface area (Å²) in [5.74, 6) is 0.0810. The van der Waals surface area contributed by atoms with E-state index in [9.17, 15) is 9.90 Å². The number of carbonyl (C=O) groups excluding carboxylic acids is 1. The van der Waals surface area contributed by atoms with Gasteiger partial charge in [0.2, 0.25) is 0 Å². The highest BCUT2D eigenvalue weighted by molar-refractivity contribution is 5.80. The number of rotatable bonds is 5. The van der Waals surface area contributed by atoms with Gasteiger partial charge in [-0.15, -0.1) is 0 Å². The zero-order valence-corrected chi connectivity index (χ0v) is 14.9. The number of aliphatic hydroxyl groups is 1. The average molecular weight is 340 g/mol. The topological polar surface area (TPSA) is 62.2 Å². The average Bonchev–Trinajstić information content (AvgIpc) is 3.06. The molecule has 3 rings (SSSR count). The Hall–Kier alpha value is -0.690. The second kappa shape index (κ2) is 8.61. The monoisotopic (exact) mass is 340 g/mol. The van der Waals surface area contributed by atoms with Gasteiger partial charge in [0, 0.05) is 38.8 Å². The van der Waals surface area contributed by atoms with Crippen molar-refractivity contribution in [3.8, 4) is 0 Å². The zero-order chi connectivity index (χ0) is 16.9. The van der Waals surface area contributed by atoms with Crippen LogP contribution in [0.4, 0.5) is 0 Å². The number of piperazine rings is 1. The van der Waals surface area contributed by atoms with Crippen molar-refractivity contribution in [2.45, 2.75) is 69.8 Å². The molecule has 2 heterocycles. The van der Waals surface area contributed by atoms with Crippen LogP contribution in [0.2, 0.25) is 0 Å². The van der Waals surface area contributed by atoms with E-state index in [0.717, 1.165) is 64.9 Å². The molecule has 0 aromatic heterocycles. The van der Waals surface area contributed by atoms with Crippen LogP contribution in [0.3, 0.4) is 0 Å². The normalized spacial score (nSPS) is 33.6. The highest BCUT2D eigenvalue weighted by Gasteiger charge is 2.34. The fourth-order valence-electron chi connectivity index (χ4n) is 4.14. The molecule has 3 aliphatic rings. The minimum Gasteiger partial charge on any atom is -0.391 e. The summed E-state index contributed by atoms with van der Waals surface area (Å²) in [5.41, 5.74) is 0. The molecule has 1 N–H and O–H groups in total. The van der Waals surface area contributed by atoms with E-state index in [1.54, 1.807) is 0 Å². The van der Waals surface area contributed by atoms with Crippen molar-refractivity contribution < 1.29 is 19.4 Å². The van der Waals surface area contributed by atoms with Gasteiger partial charge in [0.05, 0.1) is 18.8 Å². The second-order valence-electron chi connectivity index (χ2n) is 7.39. The van der Waals surface area contributed by atoms with Crippen LogP contribution in [0.1, 0.15) is 45.4 Å². The summed E-state index contributed by atoms with van der Waals surface area (Å²) >= 11 is 0. The van der Waals surface area contributed by atoms with Crippen LogP contribution >= 0.6 is 0 Å². The van der Waals surface area contributed by atoms with Gasteiger partial charge in [-0.3, -0.25) is 9.69 Å². The first-order chi connectivity index (χ1) is 11.6. The van der Waals surface area contributed by atoms with Gasteiger partial charge >= 0.3 is 0 Å². The Balaban J connectivity index is 1.39. The number of hydrogen-bond donors (Lipinski definition) is 1. The van der Waals surface area contributed by atoms with E-state index in [-0.39, 0.29) is 18.1 Å². The van der Waals surface area contributed by atoms with Crippen LogP contribution in [0.5, 0.6) is 0 Å². The molecule has 138 valence electrons. The molecule has 3 fully saturated rings. The molecule has 24 heavy (non-hydrogen) atoms. The number of hydrogen-bond acceptors (Lipinski definition) is 5. The largest absolute Gasteiger partial charge is 0.391 e. The predicted molar refractivity (Wildman–Crippen MR) is 90.8 cm³/mol. The van der Waals surface area contributed by atoms with Crippen LogP contribution < -0.4 is 0 Å². The van der Waals surface area contributed by atoms with Gasteiger partial charge in [0.15, 0.2) is 0 Å². The number of amides is 1. The summed E-state index contributed by atoms with van der Waals surface area (Å²) in [6.45, 7) is 6.34. The molecular weight excluding hydrogens is 308 g/mol. The third kappa shape index (κ3) is 4.48. The fraction of sp³-hybridized carbons (Fsp3) is 0.944. The first-order valence-corrected chi connectivity index (χ1v) is 9.59. The number of nitrogens with zero attached hydrogens (tertiary/aromatic N) is 2. The van der Waals surface area contributed by atoms with Crippen LogP contribution in [-0.4, -0.2) is 84.6 Å². The van der Waals surface area contributed by atoms with Gasteiger partial charge in [-0.2, -0.15) is 0 Å². The van der Waals surface area contributed by atoms with Crippen LogP contribution in [0.15, 0.2) is 0 Å². The van der Waals surface area contributed by atoms with Crippen LogP contribution in [0.25, 0.3) is 0 Å². The molecule has 0 aromatic rings. The molecular formula is C18H32N2O4. The fourth-order valence-corrected chi connectivity index (χ4v) is 4.14. The van der Waals surface area contributed by atoms with E-state index >= 15 is 0 Å². The Kier molecular flexibility index (Phi) is 6.49. The molecule has 6 heteroatoms. The molecule has 0 aromatic carbocycles. The van der Waals surface area contributed by atoms with E-state index < -0.39 is 6.10 Å². The van der Waals surface area contributed by atoms with Crippen molar-refractivity contribution >= 4 is 5.91 Å². The third-order valence-corrected chi connectivity index (χ3v) is 5.69. The van der Waals surface area contributed by atoms with E-state index in [2.05, 4.69) is 4.90 Å². The maximum atomic E-state index is 12.6. The van der Waals surface area contributed by atoms with Crippen LogP contribution in [-0.2, 0) is 14.3 Å². The first-order valence-electron chi connectivity index (χ1n) is 9.59. The van der Waals surface area contributed by atoms with Crippen molar-refractivity contribution in [1.82, 2.24) is 9.80 Å². The van der Waals surface area contributed by atoms with E-state index in [0.29, 0.717) is 12.6 Å². The maximum absolute atomic E-state index is 12.6.